The molecule has 2 heterocycles. The number of imide groups is 1. The number of hydrogen-bond acceptors (Lipinski definition) is 5. The standard InChI is InChI=1S/C22H22IN3O3/c23-15-5-8-18-19(10-15)20(22(29)25-21(18)28)11-24-16-6-3-14(4-7-16)12-26-9-1-2-17(26)13-27/h3-8,10-11,17,24,27H,1-2,9,12-13H2,(H,25,28,29)/b20-11-/t17-/m0/s1. The average molecular weight is 503 g/mol. The zero-order valence-corrected chi connectivity index (χ0v) is 18.0. The maximum atomic E-state index is 12.3. The van der Waals surface area contributed by atoms with Gasteiger partial charge in [-0.15, -0.1) is 0 Å². The monoisotopic (exact) mass is 503 g/mol. The Bertz CT molecular complexity index is 972. The number of amides is 2. The molecule has 1 atom stereocenters. The summed E-state index contributed by atoms with van der Waals surface area (Å²) in [5.41, 5.74) is 3.61. The first-order chi connectivity index (χ1) is 14.0. The molecule has 2 aliphatic heterocycles. The van der Waals surface area contributed by atoms with Crippen LogP contribution in [0.4, 0.5) is 5.69 Å². The number of benzene rings is 2. The Morgan fingerprint density at radius 1 is 1.14 bits per heavy atom. The van der Waals surface area contributed by atoms with Crippen LogP contribution in [0.1, 0.15) is 34.3 Å². The average Bonchev–Trinajstić information content (AvgIpc) is 3.16. The minimum atomic E-state index is -0.405. The highest BCUT2D eigenvalue weighted by Gasteiger charge is 2.27. The van der Waals surface area contributed by atoms with Crippen LogP contribution in [-0.4, -0.2) is 41.0 Å². The van der Waals surface area contributed by atoms with E-state index >= 15 is 0 Å². The predicted molar refractivity (Wildman–Crippen MR) is 120 cm³/mol. The fourth-order valence-electron chi connectivity index (χ4n) is 3.85. The van der Waals surface area contributed by atoms with E-state index in [4.69, 9.17) is 0 Å². The molecule has 4 rings (SSSR count). The molecule has 0 radical (unpaired) electrons. The van der Waals surface area contributed by atoms with Crippen LogP contribution in [0.25, 0.3) is 5.57 Å². The molecule has 2 aromatic rings. The van der Waals surface area contributed by atoms with Gasteiger partial charge in [-0.05, 0) is 77.9 Å². The number of nitrogens with one attached hydrogen (secondary N) is 2. The number of anilines is 1. The van der Waals surface area contributed by atoms with Crippen molar-refractivity contribution in [1.82, 2.24) is 10.2 Å². The summed E-state index contributed by atoms with van der Waals surface area (Å²) in [7, 11) is 0. The maximum absolute atomic E-state index is 12.3. The van der Waals surface area contributed by atoms with Gasteiger partial charge in [0.25, 0.3) is 11.8 Å². The number of halogens is 1. The summed E-state index contributed by atoms with van der Waals surface area (Å²) < 4.78 is 0.960. The van der Waals surface area contributed by atoms with E-state index < -0.39 is 5.91 Å². The molecule has 1 saturated heterocycles. The summed E-state index contributed by atoms with van der Waals surface area (Å²) in [6.45, 7) is 2.05. The molecule has 2 amide bonds. The highest BCUT2D eigenvalue weighted by atomic mass is 127. The third-order valence-corrected chi connectivity index (χ3v) is 6.09. The second-order valence-corrected chi connectivity index (χ2v) is 8.57. The van der Waals surface area contributed by atoms with E-state index in [1.54, 1.807) is 12.3 Å². The Hall–Kier alpha value is -2.23. The smallest absolute Gasteiger partial charge is 0.260 e. The fraction of sp³-hybridized carbons (Fsp3) is 0.273. The lowest BCUT2D eigenvalue weighted by atomic mass is 9.95. The number of rotatable bonds is 5. The number of hydrogen-bond donors (Lipinski definition) is 3. The van der Waals surface area contributed by atoms with E-state index in [0.717, 1.165) is 35.2 Å². The zero-order chi connectivity index (χ0) is 20.4. The molecule has 0 bridgehead atoms. The molecule has 6 nitrogen and oxygen atoms in total. The van der Waals surface area contributed by atoms with Gasteiger partial charge in [0.1, 0.15) is 0 Å². The van der Waals surface area contributed by atoms with E-state index in [-0.39, 0.29) is 18.6 Å². The second-order valence-electron chi connectivity index (χ2n) is 7.32. The van der Waals surface area contributed by atoms with Crippen molar-refractivity contribution in [2.75, 3.05) is 18.5 Å². The third-order valence-electron chi connectivity index (χ3n) is 5.42. The minimum Gasteiger partial charge on any atom is -0.395 e. The lowest BCUT2D eigenvalue weighted by Crippen LogP contribution is -2.36. The van der Waals surface area contributed by atoms with Crippen LogP contribution >= 0.6 is 22.6 Å². The predicted octanol–water partition coefficient (Wildman–Crippen LogP) is 2.97. The number of nitrogens with zero attached hydrogens (tertiary/aromatic N) is 1. The Labute approximate surface area is 183 Å². The Kier molecular flexibility index (Phi) is 5.98. The van der Waals surface area contributed by atoms with Crippen molar-refractivity contribution in [3.05, 3.63) is 68.9 Å². The van der Waals surface area contributed by atoms with E-state index in [2.05, 4.69) is 50.3 Å². The number of carbonyl (C=O) groups excluding carboxylic acids is 2. The van der Waals surface area contributed by atoms with Crippen LogP contribution in [0.15, 0.2) is 48.7 Å². The second kappa shape index (κ2) is 8.64. The van der Waals surface area contributed by atoms with Crippen molar-refractivity contribution in [2.45, 2.75) is 25.4 Å². The van der Waals surface area contributed by atoms with Crippen molar-refractivity contribution < 1.29 is 14.7 Å². The fourth-order valence-corrected chi connectivity index (χ4v) is 4.34. The molecular weight excluding hydrogens is 481 g/mol. The van der Waals surface area contributed by atoms with Gasteiger partial charge in [-0.2, -0.15) is 0 Å². The van der Waals surface area contributed by atoms with Gasteiger partial charge < -0.3 is 10.4 Å². The SMILES string of the molecule is O=C1NC(=O)c2ccc(I)cc2/C1=C/Nc1ccc(CN2CCC[C@H]2CO)cc1. The molecule has 0 saturated carbocycles. The highest BCUT2D eigenvalue weighted by Crippen LogP contribution is 2.26. The van der Waals surface area contributed by atoms with Gasteiger partial charge in [-0.25, -0.2) is 0 Å². The molecule has 1 fully saturated rings. The third kappa shape index (κ3) is 4.36. The number of likely N-dealkylation sites (tertiary alicyclic amines) is 1. The maximum Gasteiger partial charge on any atom is 0.260 e. The quantitative estimate of drug-likeness (QED) is 0.332. The number of fused-ring (bicyclic) bond motifs is 1. The highest BCUT2D eigenvalue weighted by molar-refractivity contribution is 14.1. The van der Waals surface area contributed by atoms with Gasteiger partial charge in [-0.3, -0.25) is 19.8 Å². The first kappa shape index (κ1) is 20.1. The van der Waals surface area contributed by atoms with Gasteiger partial charge in [0.05, 0.1) is 12.2 Å². The first-order valence-electron chi connectivity index (χ1n) is 9.61. The van der Waals surface area contributed by atoms with Gasteiger partial charge >= 0.3 is 0 Å². The Morgan fingerprint density at radius 2 is 1.93 bits per heavy atom. The molecule has 0 aromatic heterocycles. The molecule has 3 N–H and O–H groups in total. The van der Waals surface area contributed by atoms with E-state index in [1.807, 2.05) is 24.3 Å². The molecule has 2 aromatic carbocycles. The summed E-state index contributed by atoms with van der Waals surface area (Å²) in [5.74, 6) is -0.774. The van der Waals surface area contributed by atoms with E-state index in [1.165, 1.54) is 5.56 Å². The molecule has 0 unspecified atom stereocenters. The minimum absolute atomic E-state index is 0.207. The normalized spacial score (nSPS) is 20.6. The first-order valence-corrected chi connectivity index (χ1v) is 10.7. The number of aliphatic hydroxyl groups excluding tert-OH is 1. The Morgan fingerprint density at radius 3 is 2.69 bits per heavy atom. The Balaban J connectivity index is 1.49. The molecule has 0 aliphatic carbocycles. The number of carbonyl (C=O) groups is 2. The molecule has 29 heavy (non-hydrogen) atoms. The van der Waals surface area contributed by atoms with Gasteiger partial charge in [-0.1, -0.05) is 12.1 Å². The van der Waals surface area contributed by atoms with Crippen LogP contribution < -0.4 is 10.6 Å². The summed E-state index contributed by atoms with van der Waals surface area (Å²) >= 11 is 2.17. The van der Waals surface area contributed by atoms with Crippen LogP contribution in [0.3, 0.4) is 0 Å². The van der Waals surface area contributed by atoms with Crippen LogP contribution in [0.2, 0.25) is 0 Å². The van der Waals surface area contributed by atoms with E-state index in [0.29, 0.717) is 16.7 Å². The van der Waals surface area contributed by atoms with Crippen LogP contribution in [-0.2, 0) is 11.3 Å². The summed E-state index contributed by atoms with van der Waals surface area (Å²) in [6.07, 6.45) is 3.83. The van der Waals surface area contributed by atoms with Crippen molar-refractivity contribution in [1.29, 1.82) is 0 Å². The summed E-state index contributed by atoms with van der Waals surface area (Å²) in [4.78, 5) is 26.7. The molecule has 150 valence electrons. The van der Waals surface area contributed by atoms with E-state index in [9.17, 15) is 14.7 Å². The van der Waals surface area contributed by atoms with Gasteiger partial charge in [0.15, 0.2) is 0 Å². The van der Waals surface area contributed by atoms with Crippen molar-refractivity contribution in [3.8, 4) is 0 Å². The van der Waals surface area contributed by atoms with Gasteiger partial charge in [0.2, 0.25) is 0 Å². The number of aliphatic hydroxyl groups is 1. The largest absolute Gasteiger partial charge is 0.395 e. The van der Waals surface area contributed by atoms with Crippen LogP contribution in [0.5, 0.6) is 0 Å². The lowest BCUT2D eigenvalue weighted by Gasteiger charge is -2.22. The molecule has 7 heteroatoms. The molecular formula is C22H22IN3O3. The van der Waals surface area contributed by atoms with Crippen molar-refractivity contribution in [2.24, 2.45) is 0 Å². The van der Waals surface area contributed by atoms with Crippen LogP contribution in [0, 0.1) is 3.57 Å². The lowest BCUT2D eigenvalue weighted by molar-refractivity contribution is -0.114. The van der Waals surface area contributed by atoms with Gasteiger partial charge in [0, 0.05) is 39.2 Å². The van der Waals surface area contributed by atoms with Crippen molar-refractivity contribution in [3.63, 3.8) is 0 Å². The molecule has 0 spiro atoms. The molecule has 2 aliphatic rings. The topological polar surface area (TPSA) is 81.7 Å². The summed E-state index contributed by atoms with van der Waals surface area (Å²) in [5, 5.41) is 15.0. The van der Waals surface area contributed by atoms with Crippen molar-refractivity contribution >= 4 is 45.7 Å². The summed E-state index contributed by atoms with van der Waals surface area (Å²) in [6, 6.07) is 13.7. The zero-order valence-electron chi connectivity index (χ0n) is 15.8.